The van der Waals surface area contributed by atoms with Crippen molar-refractivity contribution in [2.45, 2.75) is 175 Å². The first-order chi connectivity index (χ1) is 23.0. The number of ether oxygens (including phenoxy) is 1. The van der Waals surface area contributed by atoms with Crippen LogP contribution in [0.4, 0.5) is 0 Å². The van der Waals surface area contributed by atoms with Gasteiger partial charge in [-0.3, -0.25) is 14.4 Å². The van der Waals surface area contributed by atoms with E-state index in [1.54, 1.807) is 11.3 Å². The van der Waals surface area contributed by atoms with E-state index < -0.39 is 51.0 Å². The first-order valence-electron chi connectivity index (χ1n) is 18.8. The molecule has 0 aliphatic carbocycles. The Balaban J connectivity index is 2.67. The van der Waals surface area contributed by atoms with Crippen molar-refractivity contribution in [3.05, 3.63) is 21.7 Å². The number of aryl methyl sites for hydroxylation is 1. The smallest absolute Gasteiger partial charge is 0.309 e. The highest BCUT2D eigenvalue weighted by atomic mass is 79.9. The molecule has 0 spiro atoms. The average molecular weight is 801 g/mol. The van der Waals surface area contributed by atoms with Crippen LogP contribution >= 0.6 is 27.3 Å². The molecule has 0 saturated carbocycles. The molecule has 1 aromatic heterocycles. The lowest BCUT2D eigenvalue weighted by Crippen LogP contribution is -2.53. The summed E-state index contributed by atoms with van der Waals surface area (Å²) in [5.41, 5.74) is 0.664. The third kappa shape index (κ3) is 11.8. The molecule has 1 saturated heterocycles. The van der Waals surface area contributed by atoms with E-state index in [9.17, 15) is 14.4 Å². The van der Waals surface area contributed by atoms with Crippen LogP contribution in [0.2, 0.25) is 36.3 Å². The molecule has 7 nitrogen and oxygen atoms in total. The number of cyclic esters (lactones) is 1. The number of carbonyl (C=O) groups is 3. The molecule has 0 unspecified atom stereocenters. The summed E-state index contributed by atoms with van der Waals surface area (Å²) in [6.45, 7) is 25.1. The second-order valence-corrected chi connectivity index (χ2v) is 26.6. The van der Waals surface area contributed by atoms with Gasteiger partial charge < -0.3 is 13.6 Å². The molecular weight excluding hydrogens is 735 g/mol. The number of ketones is 2. The number of thiazole rings is 1. The number of rotatable bonds is 12. The molecule has 0 N–H and O–H groups in total. The Morgan fingerprint density at radius 2 is 1.55 bits per heavy atom. The number of esters is 1. The van der Waals surface area contributed by atoms with Gasteiger partial charge in [0, 0.05) is 29.6 Å². The van der Waals surface area contributed by atoms with Crippen LogP contribution in [0, 0.1) is 24.2 Å². The van der Waals surface area contributed by atoms with Gasteiger partial charge in [0.25, 0.3) is 0 Å². The van der Waals surface area contributed by atoms with Crippen LogP contribution in [-0.4, -0.2) is 62.3 Å². The van der Waals surface area contributed by atoms with Crippen molar-refractivity contribution in [1.82, 2.24) is 4.98 Å². The second-order valence-electron chi connectivity index (χ2n) is 15.0. The van der Waals surface area contributed by atoms with Gasteiger partial charge in [-0.2, -0.15) is 0 Å². The molecule has 0 bridgehead atoms. The number of hydrogen-bond donors (Lipinski definition) is 0. The van der Waals surface area contributed by atoms with E-state index in [4.69, 9.17) is 13.6 Å². The topological polar surface area (TPSA) is 91.8 Å². The fourth-order valence-corrected chi connectivity index (χ4v) is 14.5. The number of carbonyl (C=O) groups excluding carboxylic acids is 3. The molecule has 11 heteroatoms. The fraction of sp³-hybridized carbons (Fsp3) is 0.789. The van der Waals surface area contributed by atoms with Crippen molar-refractivity contribution >= 4 is 67.5 Å². The van der Waals surface area contributed by atoms with E-state index in [-0.39, 0.29) is 30.0 Å². The fourth-order valence-electron chi connectivity index (χ4n) is 7.34. The van der Waals surface area contributed by atoms with Crippen LogP contribution in [-0.2, 0) is 28.0 Å². The van der Waals surface area contributed by atoms with Gasteiger partial charge in [-0.25, -0.2) is 4.98 Å². The molecule has 0 radical (unpaired) electrons. The van der Waals surface area contributed by atoms with Gasteiger partial charge >= 0.3 is 5.97 Å². The van der Waals surface area contributed by atoms with Gasteiger partial charge in [-0.1, -0.05) is 85.2 Å². The molecule has 1 aliphatic heterocycles. The van der Waals surface area contributed by atoms with Crippen molar-refractivity contribution in [2.75, 3.05) is 0 Å². The Hall–Kier alpha value is -0.986. The minimum absolute atomic E-state index is 0.0423. The number of halogens is 1. The van der Waals surface area contributed by atoms with Crippen LogP contribution in [0.25, 0.3) is 6.08 Å². The van der Waals surface area contributed by atoms with Gasteiger partial charge in [0.2, 0.25) is 0 Å². The van der Waals surface area contributed by atoms with Crippen LogP contribution in [0.15, 0.2) is 11.0 Å². The molecular formula is C38H66BrNO6SSi2. The predicted octanol–water partition coefficient (Wildman–Crippen LogP) is 10.7. The molecule has 2 heterocycles. The first-order valence-corrected chi connectivity index (χ1v) is 25.7. The van der Waals surface area contributed by atoms with E-state index in [1.807, 2.05) is 46.1 Å². The summed E-state index contributed by atoms with van der Waals surface area (Å²) < 4.78 is 20.5. The third-order valence-corrected chi connectivity index (χ3v) is 22.5. The minimum Gasteiger partial charge on any atom is -0.458 e. The lowest BCUT2D eigenvalue weighted by atomic mass is 9.73. The Bertz CT molecular complexity index is 1240. The normalized spacial score (nSPS) is 27.3. The zero-order chi connectivity index (χ0) is 37.2. The number of aromatic nitrogens is 1. The maximum absolute atomic E-state index is 14.9. The summed E-state index contributed by atoms with van der Waals surface area (Å²) in [5, 5.41) is 2.93. The number of alkyl halides is 1. The highest BCUT2D eigenvalue weighted by molar-refractivity contribution is 9.10. The molecule has 0 amide bonds. The van der Waals surface area contributed by atoms with Crippen molar-refractivity contribution in [3.8, 4) is 0 Å². The molecule has 49 heavy (non-hydrogen) atoms. The number of nitrogens with zero attached hydrogens (tertiary/aromatic N) is 1. The van der Waals surface area contributed by atoms with Crippen molar-refractivity contribution in [1.29, 1.82) is 0 Å². The SMILES string of the molecule is CC[Si](CC)(CC)O[C@H]1[C@@H](C)CCCC(=O)[C@H](Br)C[C@@H](/C(C)=C/c2csc(C)n2)OC(=O)C[C@H](O[Si](CC)(CC)CC)C(C)(C)C(=O)[C@@H]1C. The van der Waals surface area contributed by atoms with E-state index >= 15 is 0 Å². The summed E-state index contributed by atoms with van der Waals surface area (Å²) in [6.07, 6.45) is 2.54. The van der Waals surface area contributed by atoms with Crippen LogP contribution in [0.3, 0.4) is 0 Å². The van der Waals surface area contributed by atoms with Crippen LogP contribution in [0.5, 0.6) is 0 Å². The van der Waals surface area contributed by atoms with Gasteiger partial charge in [-0.05, 0) is 80.5 Å². The summed E-state index contributed by atoms with van der Waals surface area (Å²) >= 11 is 5.23. The summed E-state index contributed by atoms with van der Waals surface area (Å²) in [4.78, 5) is 46.5. The molecule has 6 atom stereocenters. The average Bonchev–Trinajstić information content (AvgIpc) is 3.49. The van der Waals surface area contributed by atoms with E-state index in [2.05, 4.69) is 69.4 Å². The second kappa shape index (κ2) is 19.7. The standard InChI is InChI=1S/C38H66BrNO6SSi2/c1-13-48(14-2,15-3)45-34-24-35(42)44-33(27(8)22-30-25-47-29(10)40-30)23-31(39)32(41)21-19-20-26(7)36(28(9)37(43)38(34,11)12)46-49(16-4,17-5)18-6/h22,25-26,28,31,33-34,36H,13-21,23-24H2,1-12H3/b27-22+/t26-,28+,31+,33-,34-,36-/m0/s1. The molecule has 1 aromatic rings. The molecule has 0 aromatic carbocycles. The largest absolute Gasteiger partial charge is 0.458 e. The zero-order valence-electron chi connectivity index (χ0n) is 32.6. The van der Waals surface area contributed by atoms with Gasteiger partial charge in [-0.15, -0.1) is 11.3 Å². The quantitative estimate of drug-likeness (QED) is 0.118. The molecule has 1 fully saturated rings. The maximum atomic E-state index is 14.9. The van der Waals surface area contributed by atoms with Crippen molar-refractivity contribution in [3.63, 3.8) is 0 Å². The van der Waals surface area contributed by atoms with E-state index in [0.717, 1.165) is 59.0 Å². The Morgan fingerprint density at radius 1 is 1.00 bits per heavy atom. The zero-order valence-corrected chi connectivity index (χ0v) is 37.0. The first kappa shape index (κ1) is 44.2. The van der Waals surface area contributed by atoms with Crippen molar-refractivity contribution < 1.29 is 28.0 Å². The van der Waals surface area contributed by atoms with E-state index in [1.165, 1.54) is 0 Å². The Kier molecular flexibility index (Phi) is 17.8. The Labute approximate surface area is 312 Å². The number of Topliss-reactive ketones (excluding diaryl/α,β-unsaturated/α-hetero) is 2. The molecule has 1 aliphatic rings. The van der Waals surface area contributed by atoms with Gasteiger partial charge in [0.1, 0.15) is 17.7 Å². The minimum atomic E-state index is -2.25. The van der Waals surface area contributed by atoms with Gasteiger partial charge in [0.15, 0.2) is 16.6 Å². The van der Waals surface area contributed by atoms with E-state index in [0.29, 0.717) is 19.3 Å². The lowest BCUT2D eigenvalue weighted by Gasteiger charge is -2.44. The van der Waals surface area contributed by atoms with Crippen LogP contribution in [0.1, 0.15) is 119 Å². The number of hydrogen-bond acceptors (Lipinski definition) is 8. The Morgan fingerprint density at radius 3 is 2.06 bits per heavy atom. The lowest BCUT2D eigenvalue weighted by molar-refractivity contribution is -0.154. The van der Waals surface area contributed by atoms with Crippen LogP contribution < -0.4 is 0 Å². The third-order valence-electron chi connectivity index (χ3n) is 11.6. The summed E-state index contributed by atoms with van der Waals surface area (Å²) in [5.74, 6) is -0.594. The summed E-state index contributed by atoms with van der Waals surface area (Å²) in [6, 6.07) is 5.67. The monoisotopic (exact) mass is 799 g/mol. The van der Waals surface area contributed by atoms with Gasteiger partial charge in [0.05, 0.1) is 34.2 Å². The molecule has 2 rings (SSSR count). The highest BCUT2D eigenvalue weighted by Gasteiger charge is 2.48. The molecule has 280 valence electrons. The maximum Gasteiger partial charge on any atom is 0.309 e. The summed E-state index contributed by atoms with van der Waals surface area (Å²) in [7, 11) is -4.32. The highest BCUT2D eigenvalue weighted by Crippen LogP contribution is 2.40. The predicted molar refractivity (Wildman–Crippen MR) is 212 cm³/mol. The van der Waals surface area contributed by atoms with Crippen molar-refractivity contribution in [2.24, 2.45) is 17.3 Å².